The largest absolute Gasteiger partial charge is 0.382 e. The quantitative estimate of drug-likeness (QED) is 0.674. The maximum atomic E-state index is 6.24. The van der Waals surface area contributed by atoms with Crippen LogP contribution in [0, 0.1) is 5.92 Å². The van der Waals surface area contributed by atoms with E-state index in [1.54, 1.807) is 6.20 Å². The van der Waals surface area contributed by atoms with Crippen molar-refractivity contribution in [1.82, 2.24) is 4.90 Å². The number of rotatable bonds is 8. The first-order chi connectivity index (χ1) is 12.6. The third-order valence-corrected chi connectivity index (χ3v) is 4.22. The molecule has 0 spiro atoms. The van der Waals surface area contributed by atoms with Crippen LogP contribution in [-0.4, -0.2) is 24.0 Å². The zero-order valence-electron chi connectivity index (χ0n) is 15.9. The third kappa shape index (κ3) is 4.85. The summed E-state index contributed by atoms with van der Waals surface area (Å²) in [4.78, 5) is 10.7. The highest BCUT2D eigenvalue weighted by Crippen LogP contribution is 2.28. The summed E-state index contributed by atoms with van der Waals surface area (Å²) < 4.78 is 0. The number of anilines is 1. The summed E-state index contributed by atoms with van der Waals surface area (Å²) in [5.74, 6) is 1.00. The van der Waals surface area contributed by atoms with E-state index in [1.165, 1.54) is 0 Å². The van der Waals surface area contributed by atoms with Crippen molar-refractivity contribution in [3.8, 4) is 0 Å². The second-order valence-corrected chi connectivity index (χ2v) is 6.44. The van der Waals surface area contributed by atoms with Crippen LogP contribution in [0.3, 0.4) is 0 Å². The highest BCUT2D eigenvalue weighted by molar-refractivity contribution is 6.04. The van der Waals surface area contributed by atoms with Crippen LogP contribution in [0.25, 0.3) is 5.70 Å². The predicted octanol–water partition coefficient (Wildman–Crippen LogP) is 4.58. The van der Waals surface area contributed by atoms with Gasteiger partial charge in [0.25, 0.3) is 0 Å². The fourth-order valence-corrected chi connectivity index (χ4v) is 3.04. The van der Waals surface area contributed by atoms with Crippen LogP contribution < -0.4 is 11.1 Å². The Morgan fingerprint density at radius 2 is 2.27 bits per heavy atom. The van der Waals surface area contributed by atoms with Crippen LogP contribution in [-0.2, 0) is 0 Å². The van der Waals surface area contributed by atoms with E-state index in [2.05, 4.69) is 40.8 Å². The van der Waals surface area contributed by atoms with Gasteiger partial charge in [-0.15, -0.1) is 0 Å². The van der Waals surface area contributed by atoms with Gasteiger partial charge in [0.05, 0.1) is 5.70 Å². The number of nitrogens with two attached hydrogens (primary N) is 1. The van der Waals surface area contributed by atoms with Crippen molar-refractivity contribution in [2.45, 2.75) is 33.6 Å². The second kappa shape index (κ2) is 9.61. The number of allylic oxidation sites excluding steroid dienone is 1. The predicted molar refractivity (Wildman–Crippen MR) is 113 cm³/mol. The molecule has 0 fully saturated rings. The lowest BCUT2D eigenvalue weighted by molar-refractivity contribution is 0.371. The van der Waals surface area contributed by atoms with Crippen molar-refractivity contribution in [1.29, 1.82) is 0 Å². The van der Waals surface area contributed by atoms with Crippen LogP contribution in [0.15, 0.2) is 64.6 Å². The minimum atomic E-state index is 0.463. The van der Waals surface area contributed by atoms with Gasteiger partial charge < -0.3 is 16.0 Å². The van der Waals surface area contributed by atoms with E-state index < -0.39 is 0 Å². The molecule has 0 radical (unpaired) electrons. The van der Waals surface area contributed by atoms with Crippen molar-refractivity contribution in [2.75, 3.05) is 11.9 Å². The molecule has 26 heavy (non-hydrogen) atoms. The maximum Gasteiger partial charge on any atom is 0.149 e. The van der Waals surface area contributed by atoms with Crippen molar-refractivity contribution in [3.05, 3.63) is 60.2 Å². The van der Waals surface area contributed by atoms with Crippen molar-refractivity contribution < 1.29 is 0 Å². The molecule has 1 aromatic rings. The van der Waals surface area contributed by atoms with Crippen molar-refractivity contribution in [2.24, 2.45) is 21.6 Å². The Hall–Kier alpha value is -2.82. The maximum absolute atomic E-state index is 6.24. The first-order valence-corrected chi connectivity index (χ1v) is 9.06. The van der Waals surface area contributed by atoms with Crippen LogP contribution in [0.5, 0.6) is 0 Å². The van der Waals surface area contributed by atoms with Gasteiger partial charge in [-0.05, 0) is 44.3 Å². The molecule has 0 saturated heterocycles. The van der Waals surface area contributed by atoms with E-state index >= 15 is 0 Å². The van der Waals surface area contributed by atoms with Gasteiger partial charge in [-0.2, -0.15) is 0 Å². The highest BCUT2D eigenvalue weighted by atomic mass is 15.2. The molecule has 0 aliphatic carbocycles. The Morgan fingerprint density at radius 1 is 1.46 bits per heavy atom. The number of nitrogens with one attached hydrogen (secondary N) is 1. The summed E-state index contributed by atoms with van der Waals surface area (Å²) >= 11 is 0. The smallest absolute Gasteiger partial charge is 0.149 e. The standard InChI is InChI=1S/C21H29N5/c1-5-8-16(3)15-26-13-12-25-21(22)20(26)19(23-4)17-9-7-10-18(14-17)24-11-6-2/h6-7,9-14,16,24H,4-5,8,15H2,1-3H3,(H2,22,25)/b11-6-,20-19-. The number of benzene rings is 1. The Kier molecular flexibility index (Phi) is 7.21. The zero-order chi connectivity index (χ0) is 18.9. The molecule has 1 atom stereocenters. The fourth-order valence-electron chi connectivity index (χ4n) is 3.04. The number of amidine groups is 1. The normalized spacial score (nSPS) is 17.2. The first kappa shape index (κ1) is 19.5. The van der Waals surface area contributed by atoms with Gasteiger partial charge in [-0.25, -0.2) is 4.99 Å². The third-order valence-electron chi connectivity index (χ3n) is 4.22. The van der Waals surface area contributed by atoms with E-state index in [4.69, 9.17) is 5.73 Å². The minimum absolute atomic E-state index is 0.463. The van der Waals surface area contributed by atoms with Crippen molar-refractivity contribution in [3.63, 3.8) is 0 Å². The van der Waals surface area contributed by atoms with Crippen LogP contribution in [0.4, 0.5) is 5.69 Å². The molecule has 3 N–H and O–H groups in total. The van der Waals surface area contributed by atoms with Gasteiger partial charge in [-0.1, -0.05) is 38.5 Å². The molecular weight excluding hydrogens is 322 g/mol. The molecule has 0 amide bonds. The summed E-state index contributed by atoms with van der Waals surface area (Å²) in [6, 6.07) is 8.05. The summed E-state index contributed by atoms with van der Waals surface area (Å²) in [6.45, 7) is 11.1. The Bertz CT molecular complexity index is 743. The topological polar surface area (TPSA) is 66.0 Å². The van der Waals surface area contributed by atoms with E-state index in [0.717, 1.165) is 42.0 Å². The molecule has 0 aromatic heterocycles. The number of nitrogens with zero attached hydrogens (tertiary/aromatic N) is 3. The Labute approximate surface area is 156 Å². The number of hydrogen-bond donors (Lipinski definition) is 2. The van der Waals surface area contributed by atoms with Crippen LogP contribution in [0.1, 0.15) is 39.2 Å². The molecule has 138 valence electrons. The molecule has 1 heterocycles. The molecule has 1 aliphatic heterocycles. The van der Waals surface area contributed by atoms with Crippen LogP contribution >= 0.6 is 0 Å². The van der Waals surface area contributed by atoms with Gasteiger partial charge in [-0.3, -0.25) is 4.99 Å². The molecule has 1 unspecified atom stereocenters. The van der Waals surface area contributed by atoms with Gasteiger partial charge >= 0.3 is 0 Å². The van der Waals surface area contributed by atoms with Gasteiger partial charge in [0.1, 0.15) is 11.5 Å². The van der Waals surface area contributed by atoms with E-state index in [-0.39, 0.29) is 0 Å². The fraction of sp³-hybridized carbons (Fsp3) is 0.333. The Morgan fingerprint density at radius 3 is 2.96 bits per heavy atom. The van der Waals surface area contributed by atoms with Gasteiger partial charge in [0.15, 0.2) is 0 Å². The van der Waals surface area contributed by atoms with Crippen molar-refractivity contribution >= 4 is 23.9 Å². The van der Waals surface area contributed by atoms with Crippen LogP contribution in [0.2, 0.25) is 0 Å². The number of aliphatic imine (C=N–C) groups is 2. The molecule has 0 saturated carbocycles. The average Bonchev–Trinajstić information content (AvgIpc) is 2.63. The second-order valence-electron chi connectivity index (χ2n) is 6.44. The molecule has 5 nitrogen and oxygen atoms in total. The molecule has 5 heteroatoms. The minimum Gasteiger partial charge on any atom is -0.382 e. The van der Waals surface area contributed by atoms with E-state index in [1.807, 2.05) is 49.7 Å². The lowest BCUT2D eigenvalue weighted by Crippen LogP contribution is -2.33. The summed E-state index contributed by atoms with van der Waals surface area (Å²) in [5.41, 5.74) is 9.72. The van der Waals surface area contributed by atoms with E-state index in [9.17, 15) is 0 Å². The van der Waals surface area contributed by atoms with Gasteiger partial charge in [0, 0.05) is 30.2 Å². The lowest BCUT2D eigenvalue weighted by Gasteiger charge is -2.29. The molecule has 1 aromatic carbocycles. The summed E-state index contributed by atoms with van der Waals surface area (Å²) in [7, 11) is 0. The SMILES string of the molecule is C=N/C(=C1/C(N)=NC=CN1CC(C)CCC)c1cccc(N/C=C\C)c1. The molecular formula is C21H29N5. The average molecular weight is 351 g/mol. The first-order valence-electron chi connectivity index (χ1n) is 9.06. The number of hydrogen-bond acceptors (Lipinski definition) is 5. The lowest BCUT2D eigenvalue weighted by atomic mass is 10.0. The van der Waals surface area contributed by atoms with E-state index in [0.29, 0.717) is 11.8 Å². The molecule has 2 rings (SSSR count). The Balaban J connectivity index is 2.44. The summed E-state index contributed by atoms with van der Waals surface area (Å²) in [6.07, 6.45) is 9.87. The highest BCUT2D eigenvalue weighted by Gasteiger charge is 2.22. The molecule has 0 bridgehead atoms. The molecule has 1 aliphatic rings. The monoisotopic (exact) mass is 351 g/mol. The zero-order valence-corrected chi connectivity index (χ0v) is 15.9. The summed E-state index contributed by atoms with van der Waals surface area (Å²) in [5, 5.41) is 3.23. The van der Waals surface area contributed by atoms with Gasteiger partial charge in [0.2, 0.25) is 0 Å².